The van der Waals surface area contributed by atoms with Gasteiger partial charge in [-0.1, -0.05) is 30.3 Å². The smallest absolute Gasteiger partial charge is 0.331 e. The van der Waals surface area contributed by atoms with Crippen LogP contribution in [0.15, 0.2) is 42.5 Å². The van der Waals surface area contributed by atoms with E-state index in [-0.39, 0.29) is 23.9 Å². The summed E-state index contributed by atoms with van der Waals surface area (Å²) in [6.45, 7) is 0.150. The third-order valence-electron chi connectivity index (χ3n) is 2.40. The molecule has 1 heterocycles. The lowest BCUT2D eigenvalue weighted by molar-refractivity contribution is -0.386. The number of benzene rings is 1. The summed E-state index contributed by atoms with van der Waals surface area (Å²) in [5.74, 6) is -0.154. The Hall–Kier alpha value is -2.76. The summed E-state index contributed by atoms with van der Waals surface area (Å²) < 4.78 is 5.32. The number of rotatable bonds is 5. The Kier molecular flexibility index (Phi) is 3.82. The predicted molar refractivity (Wildman–Crippen MR) is 67.1 cm³/mol. The highest BCUT2D eigenvalue weighted by Crippen LogP contribution is 2.24. The van der Waals surface area contributed by atoms with Gasteiger partial charge in [0.25, 0.3) is 5.88 Å². The quantitative estimate of drug-likeness (QED) is 0.467. The van der Waals surface area contributed by atoms with Crippen LogP contribution in [-0.4, -0.2) is 16.2 Å². The van der Waals surface area contributed by atoms with Crippen molar-refractivity contribution in [2.75, 3.05) is 0 Å². The molecule has 0 aliphatic heterocycles. The molecular weight excluding hydrogens is 248 g/mol. The van der Waals surface area contributed by atoms with E-state index in [1.54, 1.807) is 0 Å². The lowest BCUT2D eigenvalue weighted by atomic mass is 10.2. The molecular formula is C13H10N2O4. The molecule has 0 unspecified atom stereocenters. The molecule has 19 heavy (non-hydrogen) atoms. The van der Waals surface area contributed by atoms with Crippen molar-refractivity contribution in [2.24, 2.45) is 0 Å². The molecule has 6 heteroatoms. The van der Waals surface area contributed by atoms with Gasteiger partial charge in [0.15, 0.2) is 6.29 Å². The number of ether oxygens (including phenoxy) is 1. The third kappa shape index (κ3) is 3.12. The summed E-state index contributed by atoms with van der Waals surface area (Å²) in [7, 11) is 0. The van der Waals surface area contributed by atoms with E-state index in [9.17, 15) is 14.9 Å². The first kappa shape index (κ1) is 12.7. The zero-order chi connectivity index (χ0) is 13.7. The summed E-state index contributed by atoms with van der Waals surface area (Å²) in [4.78, 5) is 24.7. The maximum absolute atomic E-state index is 10.8. The van der Waals surface area contributed by atoms with E-state index in [0.717, 1.165) is 5.56 Å². The van der Waals surface area contributed by atoms with Gasteiger partial charge in [-0.25, -0.2) is 4.98 Å². The number of aldehydes is 1. The lowest BCUT2D eigenvalue weighted by Gasteiger charge is -2.06. The maximum atomic E-state index is 10.8. The number of aromatic nitrogens is 1. The van der Waals surface area contributed by atoms with Crippen molar-refractivity contribution < 1.29 is 14.5 Å². The normalized spacial score (nSPS) is 9.89. The zero-order valence-corrected chi connectivity index (χ0v) is 9.85. The molecule has 0 saturated heterocycles. The Morgan fingerprint density at radius 1 is 1.21 bits per heavy atom. The summed E-state index contributed by atoms with van der Waals surface area (Å²) in [6.07, 6.45) is 0.513. The number of hydrogen-bond donors (Lipinski definition) is 0. The van der Waals surface area contributed by atoms with Crippen LogP contribution in [0.5, 0.6) is 5.88 Å². The molecule has 2 rings (SSSR count). The molecule has 2 aromatic rings. The van der Waals surface area contributed by atoms with Crippen LogP contribution in [-0.2, 0) is 6.61 Å². The van der Waals surface area contributed by atoms with Gasteiger partial charge in [-0.3, -0.25) is 14.9 Å². The highest BCUT2D eigenvalue weighted by molar-refractivity contribution is 5.72. The first-order valence-electron chi connectivity index (χ1n) is 5.48. The minimum Gasteiger partial charge on any atom is -0.468 e. The molecule has 96 valence electrons. The van der Waals surface area contributed by atoms with Gasteiger partial charge < -0.3 is 4.74 Å². The van der Waals surface area contributed by atoms with Gasteiger partial charge in [-0.2, -0.15) is 0 Å². The number of nitrogens with zero attached hydrogens (tertiary/aromatic N) is 2. The van der Waals surface area contributed by atoms with Crippen LogP contribution < -0.4 is 4.74 Å². The van der Waals surface area contributed by atoms with Crippen LogP contribution >= 0.6 is 0 Å². The van der Waals surface area contributed by atoms with E-state index in [2.05, 4.69) is 4.98 Å². The average Bonchev–Trinajstić information content (AvgIpc) is 2.45. The standard InChI is InChI=1S/C13H10N2O4/c16-8-11-6-7-12(15(17)18)13(14-11)19-9-10-4-2-1-3-5-10/h1-8H,9H2. The Morgan fingerprint density at radius 2 is 1.95 bits per heavy atom. The highest BCUT2D eigenvalue weighted by Gasteiger charge is 2.17. The highest BCUT2D eigenvalue weighted by atomic mass is 16.6. The fourth-order valence-corrected chi connectivity index (χ4v) is 1.48. The van der Waals surface area contributed by atoms with Crippen LogP contribution in [0.4, 0.5) is 5.69 Å². The largest absolute Gasteiger partial charge is 0.468 e. The molecule has 0 bridgehead atoms. The fraction of sp³-hybridized carbons (Fsp3) is 0.0769. The Morgan fingerprint density at radius 3 is 2.58 bits per heavy atom. The van der Waals surface area contributed by atoms with Crippen LogP contribution in [0.3, 0.4) is 0 Å². The number of carbonyl (C=O) groups is 1. The van der Waals surface area contributed by atoms with Crippen molar-refractivity contribution in [3.05, 3.63) is 63.8 Å². The lowest BCUT2D eigenvalue weighted by Crippen LogP contribution is -2.02. The van der Waals surface area contributed by atoms with Crippen molar-refractivity contribution >= 4 is 12.0 Å². The average molecular weight is 258 g/mol. The molecule has 0 aliphatic rings. The van der Waals surface area contributed by atoms with Crippen molar-refractivity contribution in [1.29, 1.82) is 0 Å². The van der Waals surface area contributed by atoms with Crippen LogP contribution in [0.1, 0.15) is 16.1 Å². The van der Waals surface area contributed by atoms with Gasteiger partial charge in [-0.05, 0) is 11.6 Å². The number of hydrogen-bond acceptors (Lipinski definition) is 5. The van der Waals surface area contributed by atoms with E-state index >= 15 is 0 Å². The second kappa shape index (κ2) is 5.72. The van der Waals surface area contributed by atoms with Crippen LogP contribution in [0, 0.1) is 10.1 Å². The Balaban J connectivity index is 2.22. The minimum atomic E-state index is -0.595. The maximum Gasteiger partial charge on any atom is 0.331 e. The van der Waals surface area contributed by atoms with Gasteiger partial charge in [0.1, 0.15) is 12.3 Å². The Labute approximate surface area is 108 Å². The summed E-state index contributed by atoms with van der Waals surface area (Å²) >= 11 is 0. The first-order valence-corrected chi connectivity index (χ1v) is 5.48. The molecule has 0 N–H and O–H groups in total. The summed E-state index contributed by atoms with van der Waals surface area (Å²) in [5, 5.41) is 10.8. The Bertz CT molecular complexity index is 599. The van der Waals surface area contributed by atoms with Gasteiger partial charge >= 0.3 is 5.69 Å². The van der Waals surface area contributed by atoms with Crippen molar-refractivity contribution in [3.8, 4) is 5.88 Å². The molecule has 0 fully saturated rings. The molecule has 0 amide bonds. The van der Waals surface area contributed by atoms with E-state index in [0.29, 0.717) is 6.29 Å². The fourth-order valence-electron chi connectivity index (χ4n) is 1.48. The third-order valence-corrected chi connectivity index (χ3v) is 2.40. The van der Waals surface area contributed by atoms with Crippen molar-refractivity contribution in [1.82, 2.24) is 4.98 Å². The molecule has 0 aliphatic carbocycles. The second-order valence-corrected chi connectivity index (χ2v) is 3.71. The van der Waals surface area contributed by atoms with Crippen molar-refractivity contribution in [3.63, 3.8) is 0 Å². The van der Waals surface area contributed by atoms with Gasteiger partial charge in [0.05, 0.1) is 4.92 Å². The molecule has 0 radical (unpaired) electrons. The SMILES string of the molecule is O=Cc1ccc([N+](=O)[O-])c(OCc2ccccc2)n1. The molecule has 0 saturated carbocycles. The number of pyridine rings is 1. The topological polar surface area (TPSA) is 82.3 Å². The van der Waals surface area contributed by atoms with Gasteiger partial charge in [-0.15, -0.1) is 0 Å². The monoisotopic (exact) mass is 258 g/mol. The summed E-state index contributed by atoms with van der Waals surface area (Å²) in [6, 6.07) is 11.7. The van der Waals surface area contributed by atoms with Crippen LogP contribution in [0.2, 0.25) is 0 Å². The van der Waals surface area contributed by atoms with Gasteiger partial charge in [0.2, 0.25) is 0 Å². The van der Waals surface area contributed by atoms with Crippen molar-refractivity contribution in [2.45, 2.75) is 6.61 Å². The first-order chi connectivity index (χ1) is 9.20. The molecule has 0 spiro atoms. The van der Waals surface area contributed by atoms with E-state index < -0.39 is 4.92 Å². The number of carbonyl (C=O) groups excluding carboxylic acids is 1. The molecule has 6 nitrogen and oxygen atoms in total. The van der Waals surface area contributed by atoms with Crippen LogP contribution in [0.25, 0.3) is 0 Å². The molecule has 1 aromatic heterocycles. The van der Waals surface area contributed by atoms with E-state index in [1.807, 2.05) is 30.3 Å². The van der Waals surface area contributed by atoms with Gasteiger partial charge in [0, 0.05) is 6.07 Å². The summed E-state index contributed by atoms with van der Waals surface area (Å²) in [5.41, 5.74) is 0.685. The minimum absolute atomic E-state index is 0.0914. The van der Waals surface area contributed by atoms with E-state index in [4.69, 9.17) is 4.74 Å². The molecule has 0 atom stereocenters. The van der Waals surface area contributed by atoms with E-state index in [1.165, 1.54) is 12.1 Å². The molecule has 1 aromatic carbocycles. The number of nitro groups is 1. The predicted octanol–water partition coefficient (Wildman–Crippen LogP) is 2.38. The zero-order valence-electron chi connectivity index (χ0n) is 9.85. The second-order valence-electron chi connectivity index (χ2n) is 3.71.